The number of nitrogens with one attached hydrogen (secondary N) is 2. The van der Waals surface area contributed by atoms with Crippen molar-refractivity contribution >= 4 is 23.2 Å². The normalized spacial score (nSPS) is 9.94. The SMILES string of the molecule is CC(=O)Nc1cccc(Oc2cc(C#Cc3ccccc3)cc(Oc3cccc(NC(C)=O)c3)c2)c1. The number of carbonyl (C=O) groups excluding carboxylic acids is 2. The van der Waals surface area contributed by atoms with E-state index in [1.165, 1.54) is 13.8 Å². The fraction of sp³-hybridized carbons (Fsp3) is 0.0667. The van der Waals surface area contributed by atoms with Gasteiger partial charge >= 0.3 is 0 Å². The van der Waals surface area contributed by atoms with E-state index in [0.717, 1.165) is 5.56 Å². The molecule has 0 aromatic heterocycles. The highest BCUT2D eigenvalue weighted by Gasteiger charge is 2.07. The van der Waals surface area contributed by atoms with Crippen LogP contribution in [0.4, 0.5) is 11.4 Å². The molecule has 0 atom stereocenters. The summed E-state index contributed by atoms with van der Waals surface area (Å²) in [7, 11) is 0. The quantitative estimate of drug-likeness (QED) is 0.308. The minimum Gasteiger partial charge on any atom is -0.457 e. The Balaban J connectivity index is 1.65. The zero-order valence-corrected chi connectivity index (χ0v) is 19.9. The van der Waals surface area contributed by atoms with E-state index in [4.69, 9.17) is 9.47 Å². The highest BCUT2D eigenvalue weighted by Crippen LogP contribution is 2.32. The van der Waals surface area contributed by atoms with Crippen molar-refractivity contribution in [1.29, 1.82) is 0 Å². The van der Waals surface area contributed by atoms with Crippen LogP contribution in [0.2, 0.25) is 0 Å². The maximum absolute atomic E-state index is 11.4. The summed E-state index contributed by atoms with van der Waals surface area (Å²) >= 11 is 0. The van der Waals surface area contributed by atoms with Gasteiger partial charge in [0.25, 0.3) is 0 Å². The molecule has 0 saturated heterocycles. The molecule has 0 radical (unpaired) electrons. The third-order valence-electron chi connectivity index (χ3n) is 4.79. The number of amides is 2. The minimum absolute atomic E-state index is 0.164. The van der Waals surface area contributed by atoms with Crippen molar-refractivity contribution < 1.29 is 19.1 Å². The van der Waals surface area contributed by atoms with Crippen molar-refractivity contribution in [2.45, 2.75) is 13.8 Å². The molecule has 0 fully saturated rings. The van der Waals surface area contributed by atoms with Gasteiger partial charge in [0.05, 0.1) is 0 Å². The molecule has 0 saturated carbocycles. The summed E-state index contributed by atoms with van der Waals surface area (Å²) in [5.74, 6) is 8.12. The molecule has 0 unspecified atom stereocenters. The average molecular weight is 477 g/mol. The summed E-state index contributed by atoms with van der Waals surface area (Å²) in [5.41, 5.74) is 2.84. The van der Waals surface area contributed by atoms with Gasteiger partial charge in [0.2, 0.25) is 11.8 Å². The molecule has 178 valence electrons. The molecule has 2 amide bonds. The van der Waals surface area contributed by atoms with E-state index in [1.54, 1.807) is 54.6 Å². The van der Waals surface area contributed by atoms with E-state index in [1.807, 2.05) is 42.5 Å². The summed E-state index contributed by atoms with van der Waals surface area (Å²) in [4.78, 5) is 22.8. The molecule has 4 aromatic rings. The van der Waals surface area contributed by atoms with Gasteiger partial charge in [-0.3, -0.25) is 9.59 Å². The summed E-state index contributed by atoms with van der Waals surface area (Å²) in [6, 6.07) is 29.3. The van der Waals surface area contributed by atoms with Gasteiger partial charge in [-0.2, -0.15) is 0 Å². The first kappa shape index (κ1) is 24.1. The second kappa shape index (κ2) is 11.4. The van der Waals surface area contributed by atoms with Crippen LogP contribution in [-0.2, 0) is 9.59 Å². The van der Waals surface area contributed by atoms with Crippen molar-refractivity contribution in [1.82, 2.24) is 0 Å². The number of hydrogen-bond donors (Lipinski definition) is 2. The van der Waals surface area contributed by atoms with E-state index in [-0.39, 0.29) is 11.8 Å². The zero-order valence-electron chi connectivity index (χ0n) is 19.9. The lowest BCUT2D eigenvalue weighted by Crippen LogP contribution is -2.05. The summed E-state index contributed by atoms with van der Waals surface area (Å²) in [6.07, 6.45) is 0. The molecule has 0 aliphatic carbocycles. The van der Waals surface area contributed by atoms with Crippen molar-refractivity contribution in [3.05, 3.63) is 108 Å². The van der Waals surface area contributed by atoms with Crippen LogP contribution >= 0.6 is 0 Å². The second-order valence-corrected chi connectivity index (χ2v) is 7.93. The Hall–Kier alpha value is -5.02. The Labute approximate surface area is 209 Å². The zero-order chi connectivity index (χ0) is 25.3. The van der Waals surface area contributed by atoms with E-state index < -0.39 is 0 Å². The van der Waals surface area contributed by atoms with Crippen LogP contribution in [-0.4, -0.2) is 11.8 Å². The van der Waals surface area contributed by atoms with Gasteiger partial charge in [0, 0.05) is 54.5 Å². The topological polar surface area (TPSA) is 76.7 Å². The second-order valence-electron chi connectivity index (χ2n) is 7.93. The molecule has 0 aliphatic rings. The van der Waals surface area contributed by atoms with Crippen LogP contribution in [0.1, 0.15) is 25.0 Å². The van der Waals surface area contributed by atoms with Gasteiger partial charge in [-0.05, 0) is 48.5 Å². The predicted molar refractivity (Wildman–Crippen MR) is 141 cm³/mol. The first-order valence-electron chi connectivity index (χ1n) is 11.3. The number of carbonyl (C=O) groups is 2. The third-order valence-corrected chi connectivity index (χ3v) is 4.79. The van der Waals surface area contributed by atoms with E-state index in [2.05, 4.69) is 22.5 Å². The molecule has 4 rings (SSSR count). The number of rotatable bonds is 6. The van der Waals surface area contributed by atoms with Crippen LogP contribution < -0.4 is 20.1 Å². The van der Waals surface area contributed by atoms with Gasteiger partial charge in [-0.15, -0.1) is 0 Å². The molecule has 2 N–H and O–H groups in total. The van der Waals surface area contributed by atoms with Crippen LogP contribution in [0.5, 0.6) is 23.0 Å². The summed E-state index contributed by atoms with van der Waals surface area (Å²) in [5, 5.41) is 5.50. The van der Waals surface area contributed by atoms with Crippen molar-refractivity contribution in [2.24, 2.45) is 0 Å². The minimum atomic E-state index is -0.164. The number of ether oxygens (including phenoxy) is 2. The fourth-order valence-corrected chi connectivity index (χ4v) is 3.38. The summed E-state index contributed by atoms with van der Waals surface area (Å²) < 4.78 is 12.2. The molecular formula is C30H24N2O4. The average Bonchev–Trinajstić information content (AvgIpc) is 2.83. The highest BCUT2D eigenvalue weighted by molar-refractivity contribution is 5.89. The Kier molecular flexibility index (Phi) is 7.64. The van der Waals surface area contributed by atoms with Gasteiger partial charge in [-0.1, -0.05) is 42.2 Å². The van der Waals surface area contributed by atoms with Crippen LogP contribution in [0.15, 0.2) is 97.1 Å². The first-order chi connectivity index (χ1) is 17.4. The molecular weight excluding hydrogens is 452 g/mol. The van der Waals surface area contributed by atoms with Crippen LogP contribution in [0.3, 0.4) is 0 Å². The lowest BCUT2D eigenvalue weighted by molar-refractivity contribution is -0.115. The fourth-order valence-electron chi connectivity index (χ4n) is 3.38. The molecule has 6 nitrogen and oxygen atoms in total. The van der Waals surface area contributed by atoms with Crippen molar-refractivity contribution in [2.75, 3.05) is 10.6 Å². The Bertz CT molecular complexity index is 1370. The van der Waals surface area contributed by atoms with E-state index in [9.17, 15) is 9.59 Å². The smallest absolute Gasteiger partial charge is 0.221 e. The largest absolute Gasteiger partial charge is 0.457 e. The Morgan fingerprint density at radius 2 is 1.06 bits per heavy atom. The molecule has 0 heterocycles. The van der Waals surface area contributed by atoms with Crippen molar-refractivity contribution in [3.63, 3.8) is 0 Å². The van der Waals surface area contributed by atoms with Gasteiger partial charge < -0.3 is 20.1 Å². The highest BCUT2D eigenvalue weighted by atomic mass is 16.5. The van der Waals surface area contributed by atoms with Crippen LogP contribution in [0, 0.1) is 11.8 Å². The molecule has 6 heteroatoms. The van der Waals surface area contributed by atoms with E-state index >= 15 is 0 Å². The predicted octanol–water partition coefficient (Wildman–Crippen LogP) is 6.59. The lowest BCUT2D eigenvalue weighted by atomic mass is 10.1. The number of anilines is 2. The van der Waals surface area contributed by atoms with E-state index in [0.29, 0.717) is 39.9 Å². The van der Waals surface area contributed by atoms with Gasteiger partial charge in [0.15, 0.2) is 0 Å². The number of hydrogen-bond acceptors (Lipinski definition) is 4. The Morgan fingerprint density at radius 3 is 1.56 bits per heavy atom. The molecule has 4 aromatic carbocycles. The molecule has 0 spiro atoms. The monoisotopic (exact) mass is 476 g/mol. The molecule has 0 bridgehead atoms. The Morgan fingerprint density at radius 1 is 0.556 bits per heavy atom. The van der Waals surface area contributed by atoms with Gasteiger partial charge in [-0.25, -0.2) is 0 Å². The van der Waals surface area contributed by atoms with Crippen molar-refractivity contribution in [3.8, 4) is 34.8 Å². The first-order valence-corrected chi connectivity index (χ1v) is 11.3. The number of benzene rings is 4. The standard InChI is InChI=1S/C30H24N2O4/c1-21(33)31-25-10-6-12-27(18-25)35-29-16-24(15-14-23-8-4-3-5-9-23)17-30(20-29)36-28-13-7-11-26(19-28)32-22(2)34/h3-13,16-20H,1-2H3,(H,31,33)(H,32,34). The maximum Gasteiger partial charge on any atom is 0.221 e. The molecule has 0 aliphatic heterocycles. The third kappa shape index (κ3) is 7.24. The van der Waals surface area contributed by atoms with Gasteiger partial charge in [0.1, 0.15) is 23.0 Å². The van der Waals surface area contributed by atoms with Crippen LogP contribution in [0.25, 0.3) is 0 Å². The summed E-state index contributed by atoms with van der Waals surface area (Å²) in [6.45, 7) is 2.90. The maximum atomic E-state index is 11.4. The molecule has 36 heavy (non-hydrogen) atoms. The lowest BCUT2D eigenvalue weighted by Gasteiger charge is -2.12.